The molecule has 3 nitrogen and oxygen atoms in total. The number of carbonyl (C=O) groups excluding carboxylic acids is 1. The van der Waals surface area contributed by atoms with E-state index in [1.165, 1.54) is 5.56 Å². The number of hydrogen-bond acceptors (Lipinski definition) is 2. The molecule has 1 aliphatic rings. The van der Waals surface area contributed by atoms with E-state index in [2.05, 4.69) is 10.2 Å². The first-order chi connectivity index (χ1) is 5.40. The van der Waals surface area contributed by atoms with Gasteiger partial charge in [0, 0.05) is 11.6 Å². The number of aromatic amines is 1. The molecule has 0 saturated heterocycles. The summed E-state index contributed by atoms with van der Waals surface area (Å²) in [5.74, 6) is 0.211. The molecule has 2 rings (SSSR count). The molecule has 0 bridgehead atoms. The fourth-order valence-electron chi connectivity index (χ4n) is 1.55. The molecule has 0 spiro atoms. The average Bonchev–Trinajstić information content (AvgIpc) is 2.50. The standard InChI is InChI=1S/C8H10N2O/c11-5-6-1-2-7-4-9-10-8(7)3-6/h4-6H,1-3H2,(H,9,10). The summed E-state index contributed by atoms with van der Waals surface area (Å²) in [6.45, 7) is 0. The Kier molecular flexibility index (Phi) is 1.49. The molecule has 0 aromatic carbocycles. The van der Waals surface area contributed by atoms with Crippen molar-refractivity contribution < 1.29 is 4.79 Å². The number of aryl methyl sites for hydroxylation is 1. The highest BCUT2D eigenvalue weighted by atomic mass is 16.1. The highest BCUT2D eigenvalue weighted by Gasteiger charge is 2.18. The van der Waals surface area contributed by atoms with Gasteiger partial charge in [0.1, 0.15) is 6.29 Å². The van der Waals surface area contributed by atoms with Crippen LogP contribution in [0.15, 0.2) is 6.20 Å². The summed E-state index contributed by atoms with van der Waals surface area (Å²) in [4.78, 5) is 10.5. The summed E-state index contributed by atoms with van der Waals surface area (Å²) in [7, 11) is 0. The van der Waals surface area contributed by atoms with Crippen molar-refractivity contribution in [3.63, 3.8) is 0 Å². The molecule has 0 saturated carbocycles. The normalized spacial score (nSPS) is 22.7. The minimum atomic E-state index is 0.211. The number of rotatable bonds is 1. The number of carbonyl (C=O) groups is 1. The molecule has 1 heterocycles. The van der Waals surface area contributed by atoms with E-state index in [0.29, 0.717) is 0 Å². The van der Waals surface area contributed by atoms with Gasteiger partial charge in [-0.3, -0.25) is 5.10 Å². The van der Waals surface area contributed by atoms with E-state index in [4.69, 9.17) is 0 Å². The van der Waals surface area contributed by atoms with Crippen molar-refractivity contribution in [1.29, 1.82) is 0 Å². The minimum Gasteiger partial charge on any atom is -0.303 e. The largest absolute Gasteiger partial charge is 0.303 e. The molecular weight excluding hydrogens is 140 g/mol. The maximum absolute atomic E-state index is 10.5. The van der Waals surface area contributed by atoms with E-state index in [1.54, 1.807) is 0 Å². The van der Waals surface area contributed by atoms with E-state index < -0.39 is 0 Å². The fraction of sp³-hybridized carbons (Fsp3) is 0.500. The number of aromatic nitrogens is 2. The van der Waals surface area contributed by atoms with Gasteiger partial charge in [0.25, 0.3) is 0 Å². The van der Waals surface area contributed by atoms with Crippen LogP contribution in [-0.2, 0) is 17.6 Å². The molecule has 0 amide bonds. The Morgan fingerprint density at radius 2 is 2.64 bits per heavy atom. The monoisotopic (exact) mass is 150 g/mol. The minimum absolute atomic E-state index is 0.211. The van der Waals surface area contributed by atoms with Crippen LogP contribution in [0.1, 0.15) is 17.7 Å². The van der Waals surface area contributed by atoms with Gasteiger partial charge in [-0.25, -0.2) is 0 Å². The maximum atomic E-state index is 10.5. The van der Waals surface area contributed by atoms with Crippen molar-refractivity contribution in [2.75, 3.05) is 0 Å². The highest BCUT2D eigenvalue weighted by molar-refractivity contribution is 5.55. The molecule has 11 heavy (non-hydrogen) atoms. The highest BCUT2D eigenvalue weighted by Crippen LogP contribution is 2.21. The number of hydrogen-bond donors (Lipinski definition) is 1. The Balaban J connectivity index is 2.24. The molecule has 3 heteroatoms. The summed E-state index contributed by atoms with van der Waals surface area (Å²) in [6.07, 6.45) is 5.73. The van der Waals surface area contributed by atoms with Gasteiger partial charge in [-0.2, -0.15) is 5.10 Å². The van der Waals surface area contributed by atoms with Gasteiger partial charge in [0.05, 0.1) is 6.20 Å². The first kappa shape index (κ1) is 6.58. The summed E-state index contributed by atoms with van der Waals surface area (Å²) in [5.41, 5.74) is 2.43. The first-order valence-corrected chi connectivity index (χ1v) is 3.86. The summed E-state index contributed by atoms with van der Waals surface area (Å²) < 4.78 is 0. The van der Waals surface area contributed by atoms with E-state index in [-0.39, 0.29) is 5.92 Å². The van der Waals surface area contributed by atoms with E-state index >= 15 is 0 Å². The summed E-state index contributed by atoms with van der Waals surface area (Å²) in [6, 6.07) is 0. The van der Waals surface area contributed by atoms with Crippen LogP contribution in [-0.4, -0.2) is 16.5 Å². The third-order valence-corrected chi connectivity index (χ3v) is 2.25. The second-order valence-electron chi connectivity index (χ2n) is 3.01. The predicted octanol–water partition coefficient (Wildman–Crippen LogP) is 0.714. The number of aldehydes is 1. The molecule has 1 aliphatic carbocycles. The lowest BCUT2D eigenvalue weighted by Crippen LogP contribution is -2.14. The van der Waals surface area contributed by atoms with Crippen LogP contribution in [0.2, 0.25) is 0 Å². The lowest BCUT2D eigenvalue weighted by molar-refractivity contribution is -0.111. The number of fused-ring (bicyclic) bond motifs is 1. The van der Waals surface area contributed by atoms with Crippen molar-refractivity contribution >= 4 is 6.29 Å². The van der Waals surface area contributed by atoms with Crippen LogP contribution in [0.4, 0.5) is 0 Å². The smallest absolute Gasteiger partial charge is 0.123 e. The molecule has 1 aromatic heterocycles. The van der Waals surface area contributed by atoms with Crippen molar-refractivity contribution in [1.82, 2.24) is 10.2 Å². The topological polar surface area (TPSA) is 45.8 Å². The van der Waals surface area contributed by atoms with Crippen LogP contribution in [0.3, 0.4) is 0 Å². The quantitative estimate of drug-likeness (QED) is 0.599. The predicted molar refractivity (Wildman–Crippen MR) is 40.2 cm³/mol. The van der Waals surface area contributed by atoms with Gasteiger partial charge in [-0.15, -0.1) is 0 Å². The Bertz CT molecular complexity index is 267. The number of nitrogens with one attached hydrogen (secondary N) is 1. The second-order valence-corrected chi connectivity index (χ2v) is 3.01. The fourth-order valence-corrected chi connectivity index (χ4v) is 1.55. The molecule has 1 aromatic rings. The molecule has 58 valence electrons. The van der Waals surface area contributed by atoms with Crippen molar-refractivity contribution in [3.8, 4) is 0 Å². The first-order valence-electron chi connectivity index (χ1n) is 3.86. The van der Waals surface area contributed by atoms with Gasteiger partial charge in [0.2, 0.25) is 0 Å². The van der Waals surface area contributed by atoms with E-state index in [0.717, 1.165) is 31.2 Å². The number of nitrogens with zero attached hydrogens (tertiary/aromatic N) is 1. The summed E-state index contributed by atoms with van der Waals surface area (Å²) in [5, 5.41) is 6.84. The van der Waals surface area contributed by atoms with Gasteiger partial charge < -0.3 is 4.79 Å². The molecule has 1 atom stereocenters. The van der Waals surface area contributed by atoms with Gasteiger partial charge in [0.15, 0.2) is 0 Å². The molecule has 0 fully saturated rings. The molecule has 0 aliphatic heterocycles. The Morgan fingerprint density at radius 1 is 1.73 bits per heavy atom. The lowest BCUT2D eigenvalue weighted by Gasteiger charge is -2.15. The van der Waals surface area contributed by atoms with Crippen LogP contribution in [0.25, 0.3) is 0 Å². The number of H-pyrrole nitrogens is 1. The van der Waals surface area contributed by atoms with Crippen LogP contribution in [0, 0.1) is 5.92 Å². The van der Waals surface area contributed by atoms with Crippen LogP contribution < -0.4 is 0 Å². The second kappa shape index (κ2) is 2.49. The maximum Gasteiger partial charge on any atom is 0.123 e. The third-order valence-electron chi connectivity index (χ3n) is 2.25. The molecular formula is C8H10N2O. The lowest BCUT2D eigenvalue weighted by atomic mass is 9.89. The van der Waals surface area contributed by atoms with Crippen molar-refractivity contribution in [3.05, 3.63) is 17.5 Å². The van der Waals surface area contributed by atoms with Crippen molar-refractivity contribution in [2.45, 2.75) is 19.3 Å². The molecule has 0 radical (unpaired) electrons. The molecule has 1 N–H and O–H groups in total. The van der Waals surface area contributed by atoms with E-state index in [9.17, 15) is 4.79 Å². The average molecular weight is 150 g/mol. The molecule has 1 unspecified atom stereocenters. The Hall–Kier alpha value is -1.12. The van der Waals surface area contributed by atoms with Gasteiger partial charge >= 0.3 is 0 Å². The van der Waals surface area contributed by atoms with Gasteiger partial charge in [-0.05, 0) is 24.8 Å². The summed E-state index contributed by atoms with van der Waals surface area (Å²) >= 11 is 0. The zero-order chi connectivity index (χ0) is 7.68. The Morgan fingerprint density at radius 3 is 3.45 bits per heavy atom. The SMILES string of the molecule is O=CC1CCc2cn[nH]c2C1. The Labute approximate surface area is 64.8 Å². The van der Waals surface area contributed by atoms with Crippen LogP contribution in [0.5, 0.6) is 0 Å². The van der Waals surface area contributed by atoms with Crippen LogP contribution >= 0.6 is 0 Å². The zero-order valence-corrected chi connectivity index (χ0v) is 6.21. The van der Waals surface area contributed by atoms with E-state index in [1.807, 2.05) is 6.20 Å². The third kappa shape index (κ3) is 1.06. The van der Waals surface area contributed by atoms with Gasteiger partial charge in [-0.1, -0.05) is 0 Å². The zero-order valence-electron chi connectivity index (χ0n) is 6.21. The van der Waals surface area contributed by atoms with Crippen molar-refractivity contribution in [2.24, 2.45) is 5.92 Å².